The smallest absolute Gasteiger partial charge is 0.422 e. The van der Waals surface area contributed by atoms with Crippen molar-refractivity contribution in [2.45, 2.75) is 6.18 Å². The lowest BCUT2D eigenvalue weighted by Crippen LogP contribution is -2.44. The van der Waals surface area contributed by atoms with Gasteiger partial charge in [0.2, 0.25) is 5.88 Å². The second kappa shape index (κ2) is 8.42. The van der Waals surface area contributed by atoms with Gasteiger partial charge >= 0.3 is 6.18 Å². The molecule has 0 unspecified atom stereocenters. The molecule has 150 valence electrons. The van der Waals surface area contributed by atoms with Gasteiger partial charge in [0.1, 0.15) is 5.82 Å². The van der Waals surface area contributed by atoms with Crippen LogP contribution in [0.3, 0.4) is 0 Å². The van der Waals surface area contributed by atoms with Gasteiger partial charge in [0, 0.05) is 38.4 Å². The number of nitrogens with zero attached hydrogens (tertiary/aromatic N) is 4. The van der Waals surface area contributed by atoms with Crippen molar-refractivity contribution in [1.82, 2.24) is 14.9 Å². The number of anilines is 2. The highest BCUT2D eigenvalue weighted by molar-refractivity contribution is 6.04. The van der Waals surface area contributed by atoms with Gasteiger partial charge in [0.25, 0.3) is 5.91 Å². The van der Waals surface area contributed by atoms with Gasteiger partial charge in [-0.1, -0.05) is 0 Å². The van der Waals surface area contributed by atoms with Crippen LogP contribution in [-0.2, 0) is 0 Å². The van der Waals surface area contributed by atoms with Crippen LogP contribution in [0.4, 0.5) is 24.7 Å². The summed E-state index contributed by atoms with van der Waals surface area (Å²) in [5, 5.41) is 2.68. The van der Waals surface area contributed by atoms with Crippen LogP contribution < -0.4 is 15.0 Å². The number of ether oxygens (including phenoxy) is 1. The third-order valence-corrected chi connectivity index (χ3v) is 4.22. The molecule has 28 heavy (non-hydrogen) atoms. The van der Waals surface area contributed by atoms with Crippen molar-refractivity contribution in [2.75, 3.05) is 50.1 Å². The van der Waals surface area contributed by atoms with Crippen LogP contribution in [0.15, 0.2) is 36.7 Å². The van der Waals surface area contributed by atoms with Crippen molar-refractivity contribution in [3.05, 3.63) is 42.2 Å². The van der Waals surface area contributed by atoms with E-state index in [0.29, 0.717) is 5.69 Å². The summed E-state index contributed by atoms with van der Waals surface area (Å²) < 4.78 is 40.9. The van der Waals surface area contributed by atoms with Crippen LogP contribution in [-0.4, -0.2) is 66.8 Å². The Morgan fingerprint density at radius 2 is 1.86 bits per heavy atom. The van der Waals surface area contributed by atoms with Gasteiger partial charge in [-0.25, -0.2) is 9.97 Å². The number of aromatic nitrogens is 2. The highest BCUT2D eigenvalue weighted by Crippen LogP contribution is 2.18. The minimum atomic E-state index is -4.44. The molecule has 1 fully saturated rings. The lowest BCUT2D eigenvalue weighted by molar-refractivity contribution is -0.154. The molecule has 0 spiro atoms. The summed E-state index contributed by atoms with van der Waals surface area (Å²) >= 11 is 0. The number of carbonyl (C=O) groups is 1. The molecule has 1 saturated heterocycles. The van der Waals surface area contributed by atoms with E-state index in [0.717, 1.165) is 38.2 Å². The van der Waals surface area contributed by atoms with E-state index in [1.54, 1.807) is 12.3 Å². The maximum Gasteiger partial charge on any atom is 0.422 e. The van der Waals surface area contributed by atoms with Crippen LogP contribution in [0.1, 0.15) is 10.4 Å². The Morgan fingerprint density at radius 1 is 1.11 bits per heavy atom. The Hall–Kier alpha value is -2.88. The number of carbonyl (C=O) groups excluding carboxylic acids is 1. The number of amides is 1. The largest absolute Gasteiger partial charge is 0.468 e. The van der Waals surface area contributed by atoms with Crippen LogP contribution in [0, 0.1) is 0 Å². The van der Waals surface area contributed by atoms with Gasteiger partial charge in [-0.15, -0.1) is 0 Å². The van der Waals surface area contributed by atoms with E-state index in [2.05, 4.69) is 36.9 Å². The fourth-order valence-electron chi connectivity index (χ4n) is 2.64. The van der Waals surface area contributed by atoms with Gasteiger partial charge < -0.3 is 19.9 Å². The Bertz CT molecular complexity index is 788. The number of nitrogens with one attached hydrogen (secondary N) is 1. The van der Waals surface area contributed by atoms with E-state index >= 15 is 0 Å². The van der Waals surface area contributed by atoms with Crippen molar-refractivity contribution >= 4 is 17.4 Å². The molecule has 1 N–H and O–H groups in total. The lowest BCUT2D eigenvalue weighted by atomic mass is 10.2. The molecule has 2 aromatic rings. The number of likely N-dealkylation sites (N-methyl/N-ethyl adjacent to an activating group) is 1. The van der Waals surface area contributed by atoms with Crippen molar-refractivity contribution in [2.24, 2.45) is 0 Å². The normalized spacial score (nSPS) is 15.4. The second-order valence-corrected chi connectivity index (χ2v) is 6.44. The van der Waals surface area contributed by atoms with E-state index in [9.17, 15) is 18.0 Å². The maximum absolute atomic E-state index is 12.2. The Labute approximate surface area is 160 Å². The molecule has 0 aromatic carbocycles. The summed E-state index contributed by atoms with van der Waals surface area (Å²) in [5.41, 5.74) is 0.711. The molecule has 0 radical (unpaired) electrons. The molecule has 1 amide bonds. The van der Waals surface area contributed by atoms with Crippen LogP contribution in [0.2, 0.25) is 0 Å². The molecule has 7 nitrogen and oxygen atoms in total. The molecule has 3 rings (SSSR count). The molecule has 0 aliphatic carbocycles. The molecule has 0 bridgehead atoms. The van der Waals surface area contributed by atoms with Crippen molar-refractivity contribution < 1.29 is 22.7 Å². The summed E-state index contributed by atoms with van der Waals surface area (Å²) in [7, 11) is 2.08. The number of piperazine rings is 1. The first kappa shape index (κ1) is 19.9. The van der Waals surface area contributed by atoms with Gasteiger partial charge in [-0.3, -0.25) is 4.79 Å². The number of hydrogen-bond donors (Lipinski definition) is 1. The highest BCUT2D eigenvalue weighted by atomic mass is 19.4. The molecule has 1 aliphatic heterocycles. The summed E-state index contributed by atoms with van der Waals surface area (Å²) in [4.78, 5) is 24.8. The van der Waals surface area contributed by atoms with Gasteiger partial charge in [0.05, 0.1) is 17.4 Å². The molecular weight excluding hydrogens is 375 g/mol. The predicted molar refractivity (Wildman–Crippen MR) is 97.7 cm³/mol. The minimum absolute atomic E-state index is 0.197. The zero-order valence-electron chi connectivity index (χ0n) is 15.2. The molecule has 0 saturated carbocycles. The molecule has 10 heteroatoms. The Kier molecular flexibility index (Phi) is 5.98. The standard InChI is InChI=1S/C18H20F3N5O2/c1-25-6-8-26(9-7-25)15-4-3-14(11-22-15)24-17(27)13-2-5-16(23-10-13)28-12-18(19,20)21/h2-5,10-11H,6-9,12H2,1H3,(H,24,27). The van der Waals surface area contributed by atoms with E-state index in [1.165, 1.54) is 12.1 Å². The lowest BCUT2D eigenvalue weighted by Gasteiger charge is -2.33. The van der Waals surface area contributed by atoms with E-state index in [4.69, 9.17) is 0 Å². The van der Waals surface area contributed by atoms with Gasteiger partial charge in [-0.2, -0.15) is 13.2 Å². The third-order valence-electron chi connectivity index (χ3n) is 4.22. The summed E-state index contributed by atoms with van der Waals surface area (Å²) in [5.74, 6) is 0.204. The van der Waals surface area contributed by atoms with E-state index in [1.807, 2.05) is 6.07 Å². The average Bonchev–Trinajstić information content (AvgIpc) is 2.67. The van der Waals surface area contributed by atoms with Crippen LogP contribution in [0.5, 0.6) is 5.88 Å². The maximum atomic E-state index is 12.2. The number of alkyl halides is 3. The molecule has 0 atom stereocenters. The summed E-state index contributed by atoms with van der Waals surface area (Å²) in [6, 6.07) is 6.16. The number of rotatable bonds is 5. The quantitative estimate of drug-likeness (QED) is 0.839. The van der Waals surface area contributed by atoms with Crippen molar-refractivity contribution in [3.8, 4) is 5.88 Å². The zero-order chi connectivity index (χ0) is 20.1. The fraction of sp³-hybridized carbons (Fsp3) is 0.389. The first-order valence-electron chi connectivity index (χ1n) is 8.67. The minimum Gasteiger partial charge on any atom is -0.468 e. The van der Waals surface area contributed by atoms with Gasteiger partial charge in [0.15, 0.2) is 6.61 Å². The molecule has 1 aliphatic rings. The number of hydrogen-bond acceptors (Lipinski definition) is 6. The summed E-state index contributed by atoms with van der Waals surface area (Å²) in [6.07, 6.45) is -1.71. The summed E-state index contributed by atoms with van der Waals surface area (Å²) in [6.45, 7) is 2.29. The van der Waals surface area contributed by atoms with Crippen molar-refractivity contribution in [1.29, 1.82) is 0 Å². The van der Waals surface area contributed by atoms with E-state index < -0.39 is 18.7 Å². The number of halogens is 3. The first-order valence-corrected chi connectivity index (χ1v) is 8.67. The van der Waals surface area contributed by atoms with Gasteiger partial charge in [-0.05, 0) is 25.2 Å². The van der Waals surface area contributed by atoms with Crippen molar-refractivity contribution in [3.63, 3.8) is 0 Å². The SMILES string of the molecule is CN1CCN(c2ccc(NC(=O)c3ccc(OCC(F)(F)F)nc3)cn2)CC1. The number of pyridine rings is 2. The van der Waals surface area contributed by atoms with Crippen LogP contribution in [0.25, 0.3) is 0 Å². The molecule has 3 heterocycles. The fourth-order valence-corrected chi connectivity index (χ4v) is 2.64. The van der Waals surface area contributed by atoms with E-state index in [-0.39, 0.29) is 11.4 Å². The third kappa shape index (κ3) is 5.56. The zero-order valence-corrected chi connectivity index (χ0v) is 15.2. The predicted octanol–water partition coefficient (Wildman–Crippen LogP) is 2.42. The average molecular weight is 395 g/mol. The Balaban J connectivity index is 1.55. The van der Waals surface area contributed by atoms with Crippen LogP contribution >= 0.6 is 0 Å². The second-order valence-electron chi connectivity index (χ2n) is 6.44. The molecular formula is C18H20F3N5O2. The topological polar surface area (TPSA) is 70.6 Å². The Morgan fingerprint density at radius 3 is 2.43 bits per heavy atom. The monoisotopic (exact) mass is 395 g/mol. The highest BCUT2D eigenvalue weighted by Gasteiger charge is 2.28. The molecule has 2 aromatic heterocycles. The first-order chi connectivity index (χ1) is 13.3.